The van der Waals surface area contributed by atoms with Gasteiger partial charge in [-0.15, -0.1) is 0 Å². The molecule has 4 rings (SSSR count). The van der Waals surface area contributed by atoms with E-state index >= 15 is 0 Å². The van der Waals surface area contributed by atoms with Crippen LogP contribution in [0.1, 0.15) is 31.4 Å². The number of halogens is 1. The third-order valence-corrected chi connectivity index (χ3v) is 5.24. The van der Waals surface area contributed by atoms with Crippen LogP contribution in [-0.2, 0) is 4.74 Å². The SMILES string of the molecule is CCOC(=O)N1CCC(c2nn(-c3ccc(Cl)cc3)c3cnccc23)CC1. The van der Waals surface area contributed by atoms with Gasteiger partial charge < -0.3 is 9.64 Å². The topological polar surface area (TPSA) is 60.2 Å². The Bertz CT molecular complexity index is 946. The molecule has 1 aliphatic heterocycles. The van der Waals surface area contributed by atoms with Crippen molar-refractivity contribution in [3.63, 3.8) is 0 Å². The first-order valence-corrected chi connectivity index (χ1v) is 9.55. The lowest BCUT2D eigenvalue weighted by Gasteiger charge is -2.30. The summed E-state index contributed by atoms with van der Waals surface area (Å²) in [6.07, 6.45) is 5.15. The number of hydrogen-bond donors (Lipinski definition) is 0. The van der Waals surface area contributed by atoms with Crippen molar-refractivity contribution in [2.75, 3.05) is 19.7 Å². The van der Waals surface area contributed by atoms with Crippen molar-refractivity contribution >= 4 is 28.6 Å². The average Bonchev–Trinajstić information content (AvgIpc) is 3.09. The molecule has 3 heterocycles. The molecule has 6 nitrogen and oxygen atoms in total. The minimum absolute atomic E-state index is 0.225. The third kappa shape index (κ3) is 3.49. The fourth-order valence-electron chi connectivity index (χ4n) is 3.62. The molecule has 0 atom stereocenters. The standard InChI is InChI=1S/C20H21ClN4O2/c1-2-27-20(26)24-11-8-14(9-12-24)19-17-7-10-22-13-18(17)25(23-19)16-5-3-15(21)4-6-16/h3-7,10,13-14H,2,8-9,11-12H2,1H3. The van der Waals surface area contributed by atoms with E-state index in [9.17, 15) is 4.79 Å². The van der Waals surface area contributed by atoms with Crippen molar-refractivity contribution in [2.24, 2.45) is 0 Å². The zero-order chi connectivity index (χ0) is 18.8. The highest BCUT2D eigenvalue weighted by atomic mass is 35.5. The molecule has 0 N–H and O–H groups in total. The first-order valence-electron chi connectivity index (χ1n) is 9.17. The molecule has 0 unspecified atom stereocenters. The lowest BCUT2D eigenvalue weighted by Crippen LogP contribution is -2.38. The van der Waals surface area contributed by atoms with Gasteiger partial charge in [0.05, 0.1) is 29.7 Å². The Morgan fingerprint density at radius 1 is 1.22 bits per heavy atom. The normalized spacial score (nSPS) is 15.3. The van der Waals surface area contributed by atoms with E-state index in [0.29, 0.717) is 30.6 Å². The second-order valence-electron chi connectivity index (χ2n) is 6.63. The Morgan fingerprint density at radius 2 is 1.96 bits per heavy atom. The molecule has 0 spiro atoms. The van der Waals surface area contributed by atoms with E-state index in [-0.39, 0.29) is 6.09 Å². The number of carbonyl (C=O) groups excluding carboxylic acids is 1. The number of ether oxygens (including phenoxy) is 1. The Hall–Kier alpha value is -2.60. The van der Waals surface area contributed by atoms with Gasteiger partial charge in [-0.05, 0) is 50.1 Å². The van der Waals surface area contributed by atoms with Gasteiger partial charge in [-0.2, -0.15) is 5.10 Å². The fraction of sp³-hybridized carbons (Fsp3) is 0.350. The molecule has 1 fully saturated rings. The van der Waals surface area contributed by atoms with Crippen LogP contribution in [0.25, 0.3) is 16.6 Å². The first-order chi connectivity index (χ1) is 13.2. The molecule has 1 amide bonds. The molecule has 3 aromatic rings. The van der Waals surface area contributed by atoms with Crippen molar-refractivity contribution in [3.8, 4) is 5.69 Å². The predicted octanol–water partition coefficient (Wildman–Crippen LogP) is 4.41. The largest absolute Gasteiger partial charge is 0.450 e. The van der Waals surface area contributed by atoms with Gasteiger partial charge in [0.1, 0.15) is 0 Å². The highest BCUT2D eigenvalue weighted by molar-refractivity contribution is 6.30. The Balaban J connectivity index is 1.63. The maximum atomic E-state index is 11.9. The minimum atomic E-state index is -0.225. The number of likely N-dealkylation sites (tertiary alicyclic amines) is 1. The van der Waals surface area contributed by atoms with Gasteiger partial charge >= 0.3 is 6.09 Å². The molecule has 0 radical (unpaired) electrons. The number of piperidine rings is 1. The van der Waals surface area contributed by atoms with E-state index in [2.05, 4.69) is 4.98 Å². The quantitative estimate of drug-likeness (QED) is 0.671. The van der Waals surface area contributed by atoms with Crippen molar-refractivity contribution in [1.82, 2.24) is 19.7 Å². The summed E-state index contributed by atoms with van der Waals surface area (Å²) in [5.74, 6) is 0.300. The molecule has 0 bridgehead atoms. The van der Waals surface area contributed by atoms with Crippen LogP contribution in [0.3, 0.4) is 0 Å². The lowest BCUT2D eigenvalue weighted by atomic mass is 9.92. The number of pyridine rings is 1. The lowest BCUT2D eigenvalue weighted by molar-refractivity contribution is 0.0969. The Morgan fingerprint density at radius 3 is 2.67 bits per heavy atom. The number of benzene rings is 1. The van der Waals surface area contributed by atoms with Gasteiger partial charge in [0.15, 0.2) is 0 Å². The van der Waals surface area contributed by atoms with Crippen LogP contribution >= 0.6 is 11.6 Å². The maximum Gasteiger partial charge on any atom is 0.409 e. The van der Waals surface area contributed by atoms with E-state index in [1.54, 1.807) is 11.1 Å². The molecule has 140 valence electrons. The van der Waals surface area contributed by atoms with E-state index in [1.165, 1.54) is 0 Å². The summed E-state index contributed by atoms with van der Waals surface area (Å²) in [4.78, 5) is 18.0. The third-order valence-electron chi connectivity index (χ3n) is 4.99. The highest BCUT2D eigenvalue weighted by Crippen LogP contribution is 2.33. The van der Waals surface area contributed by atoms with Crippen molar-refractivity contribution < 1.29 is 9.53 Å². The van der Waals surface area contributed by atoms with Crippen LogP contribution in [0.4, 0.5) is 4.79 Å². The number of aromatic nitrogens is 3. The zero-order valence-corrected chi connectivity index (χ0v) is 15.9. The van der Waals surface area contributed by atoms with E-state index < -0.39 is 0 Å². The van der Waals surface area contributed by atoms with Gasteiger partial charge in [-0.25, -0.2) is 9.48 Å². The van der Waals surface area contributed by atoms with Gasteiger partial charge in [0.2, 0.25) is 0 Å². The number of hydrogen-bond acceptors (Lipinski definition) is 4. The summed E-state index contributed by atoms with van der Waals surface area (Å²) >= 11 is 6.02. The first kappa shape index (κ1) is 17.8. The predicted molar refractivity (Wildman–Crippen MR) is 104 cm³/mol. The van der Waals surface area contributed by atoms with Crippen molar-refractivity contribution in [3.05, 3.63) is 53.4 Å². The maximum absolute atomic E-state index is 11.9. The second-order valence-corrected chi connectivity index (χ2v) is 7.06. The van der Waals surface area contributed by atoms with Crippen molar-refractivity contribution in [2.45, 2.75) is 25.7 Å². The van der Waals surface area contributed by atoms with E-state index in [1.807, 2.05) is 48.1 Å². The average molecular weight is 385 g/mol. The summed E-state index contributed by atoms with van der Waals surface area (Å²) < 4.78 is 7.03. The van der Waals surface area contributed by atoms with Crippen LogP contribution in [-0.4, -0.2) is 45.5 Å². The number of nitrogens with zero attached hydrogens (tertiary/aromatic N) is 4. The number of rotatable bonds is 3. The molecule has 1 saturated heterocycles. The van der Waals surface area contributed by atoms with Crippen LogP contribution in [0, 0.1) is 0 Å². The van der Waals surface area contributed by atoms with E-state index in [0.717, 1.165) is 35.1 Å². The second kappa shape index (κ2) is 7.56. The van der Waals surface area contributed by atoms with Crippen molar-refractivity contribution in [1.29, 1.82) is 0 Å². The Kier molecular flexibility index (Phi) is 4.99. The molecular formula is C20H21ClN4O2. The number of amides is 1. The number of carbonyl (C=O) groups is 1. The molecule has 0 aliphatic carbocycles. The molecule has 1 aromatic carbocycles. The highest BCUT2D eigenvalue weighted by Gasteiger charge is 2.28. The zero-order valence-electron chi connectivity index (χ0n) is 15.1. The van der Waals surface area contributed by atoms with Crippen LogP contribution in [0.2, 0.25) is 5.02 Å². The van der Waals surface area contributed by atoms with Gasteiger partial charge in [0, 0.05) is 35.6 Å². The molecule has 27 heavy (non-hydrogen) atoms. The molecule has 0 saturated carbocycles. The molecule has 2 aromatic heterocycles. The summed E-state index contributed by atoms with van der Waals surface area (Å²) in [5.41, 5.74) is 2.99. The minimum Gasteiger partial charge on any atom is -0.450 e. The fourth-order valence-corrected chi connectivity index (χ4v) is 3.74. The summed E-state index contributed by atoms with van der Waals surface area (Å²) in [7, 11) is 0. The monoisotopic (exact) mass is 384 g/mol. The molecule has 1 aliphatic rings. The van der Waals surface area contributed by atoms with Gasteiger partial charge in [-0.3, -0.25) is 4.98 Å². The summed E-state index contributed by atoms with van der Waals surface area (Å²) in [6.45, 7) is 3.60. The van der Waals surface area contributed by atoms with Gasteiger partial charge in [-0.1, -0.05) is 11.6 Å². The smallest absolute Gasteiger partial charge is 0.409 e. The number of fused-ring (bicyclic) bond motifs is 1. The van der Waals surface area contributed by atoms with Crippen LogP contribution in [0.15, 0.2) is 42.7 Å². The van der Waals surface area contributed by atoms with Gasteiger partial charge in [0.25, 0.3) is 0 Å². The molecular weight excluding hydrogens is 364 g/mol. The van der Waals surface area contributed by atoms with E-state index in [4.69, 9.17) is 21.4 Å². The molecule has 7 heteroatoms. The summed E-state index contributed by atoms with van der Waals surface area (Å²) in [5, 5.41) is 6.72. The van der Waals surface area contributed by atoms with Crippen LogP contribution in [0.5, 0.6) is 0 Å². The Labute approximate surface area is 162 Å². The van der Waals surface area contributed by atoms with Crippen LogP contribution < -0.4 is 0 Å². The summed E-state index contributed by atoms with van der Waals surface area (Å²) in [6, 6.07) is 9.64.